The van der Waals surface area contributed by atoms with Gasteiger partial charge in [0, 0.05) is 11.3 Å². The van der Waals surface area contributed by atoms with E-state index in [2.05, 4.69) is 10.3 Å². The molecule has 1 aromatic carbocycles. The van der Waals surface area contributed by atoms with Crippen LogP contribution in [-0.2, 0) is 16.0 Å². The Bertz CT molecular complexity index is 804. The minimum atomic E-state index is -0.865. The molecule has 1 atom stereocenters. The van der Waals surface area contributed by atoms with Gasteiger partial charge in [0.25, 0.3) is 5.91 Å². The number of benzene rings is 1. The van der Waals surface area contributed by atoms with Gasteiger partial charge in [0.1, 0.15) is 5.00 Å². The summed E-state index contributed by atoms with van der Waals surface area (Å²) in [6.45, 7) is 2.01. The molecule has 1 aromatic heterocycles. The van der Waals surface area contributed by atoms with Crippen LogP contribution in [0.3, 0.4) is 0 Å². The van der Waals surface area contributed by atoms with Gasteiger partial charge in [-0.05, 0) is 25.0 Å². The van der Waals surface area contributed by atoms with Gasteiger partial charge in [-0.25, -0.2) is 4.98 Å². The third-order valence-corrected chi connectivity index (χ3v) is 6.49. The molecule has 2 aromatic rings. The van der Waals surface area contributed by atoms with Crippen molar-refractivity contribution in [3.8, 4) is 0 Å². The van der Waals surface area contributed by atoms with Crippen molar-refractivity contribution in [2.75, 3.05) is 10.2 Å². The van der Waals surface area contributed by atoms with Gasteiger partial charge in [-0.15, -0.1) is 11.3 Å². The number of fused-ring (bicyclic) bond motifs is 3. The highest BCUT2D eigenvalue weighted by Gasteiger charge is 2.57. The van der Waals surface area contributed by atoms with E-state index in [9.17, 15) is 9.59 Å². The van der Waals surface area contributed by atoms with Crippen LogP contribution in [-0.4, -0.2) is 21.7 Å². The monoisotopic (exact) mass is 345 g/mol. The molecule has 0 bridgehead atoms. The molecule has 3 heterocycles. The molecule has 0 radical (unpaired) electrons. The van der Waals surface area contributed by atoms with E-state index in [4.69, 9.17) is 0 Å². The second-order valence-corrected chi connectivity index (χ2v) is 7.69. The molecular weight excluding hydrogens is 330 g/mol. The van der Waals surface area contributed by atoms with Crippen molar-refractivity contribution in [1.82, 2.24) is 4.98 Å². The molecule has 2 aliphatic rings. The van der Waals surface area contributed by atoms with Gasteiger partial charge in [-0.3, -0.25) is 14.5 Å². The number of thioether (sulfide) groups is 1. The Morgan fingerprint density at radius 3 is 3.09 bits per heavy atom. The van der Waals surface area contributed by atoms with Crippen molar-refractivity contribution < 1.29 is 9.59 Å². The van der Waals surface area contributed by atoms with Gasteiger partial charge in [0.15, 0.2) is 4.87 Å². The zero-order valence-electron chi connectivity index (χ0n) is 12.5. The third kappa shape index (κ3) is 2.10. The number of anilines is 2. The van der Waals surface area contributed by atoms with Crippen LogP contribution in [0.4, 0.5) is 10.7 Å². The van der Waals surface area contributed by atoms with E-state index in [0.29, 0.717) is 12.8 Å². The number of rotatable bonds is 3. The molecule has 0 saturated carbocycles. The molecule has 2 aliphatic heterocycles. The van der Waals surface area contributed by atoms with Crippen molar-refractivity contribution >= 4 is 45.6 Å². The van der Waals surface area contributed by atoms with Crippen LogP contribution in [0.5, 0.6) is 0 Å². The number of thiazole rings is 1. The number of para-hydroxylation sites is 1. The lowest BCUT2D eigenvalue weighted by atomic mass is 10.2. The van der Waals surface area contributed by atoms with E-state index in [-0.39, 0.29) is 11.8 Å². The molecule has 1 saturated heterocycles. The fraction of sp³-hybridized carbons (Fsp3) is 0.312. The summed E-state index contributed by atoms with van der Waals surface area (Å²) in [5.74, 6) is -0.124. The summed E-state index contributed by atoms with van der Waals surface area (Å²) in [5.41, 5.74) is 3.46. The standard InChI is InChI=1S/C16H15N3O2S2/c1-2-10-14(22-9-17-10)18-15(21)16-8-7-13(20)19(16)11-5-3-4-6-12(11)23-16/h3-6,9H,2,7-8H2,1H3,(H,18,21)/t16-/m1/s1. The number of nitrogens with zero attached hydrogens (tertiary/aromatic N) is 2. The number of hydrogen-bond acceptors (Lipinski definition) is 5. The van der Waals surface area contributed by atoms with E-state index in [1.807, 2.05) is 31.2 Å². The lowest BCUT2D eigenvalue weighted by molar-refractivity contribution is -0.121. The van der Waals surface area contributed by atoms with Crippen LogP contribution < -0.4 is 10.2 Å². The second-order valence-electron chi connectivity index (χ2n) is 5.52. The zero-order chi connectivity index (χ0) is 16.0. The topological polar surface area (TPSA) is 62.3 Å². The van der Waals surface area contributed by atoms with Gasteiger partial charge < -0.3 is 5.32 Å². The molecule has 2 amide bonds. The maximum Gasteiger partial charge on any atom is 0.262 e. The largest absolute Gasteiger partial charge is 0.313 e. The maximum absolute atomic E-state index is 13.1. The van der Waals surface area contributed by atoms with Gasteiger partial charge in [0.05, 0.1) is 16.9 Å². The van der Waals surface area contributed by atoms with Crippen molar-refractivity contribution in [3.05, 3.63) is 35.5 Å². The lowest BCUT2D eigenvalue weighted by Gasteiger charge is -2.29. The minimum absolute atomic E-state index is 0.0117. The van der Waals surface area contributed by atoms with Gasteiger partial charge in [-0.2, -0.15) is 0 Å². The summed E-state index contributed by atoms with van der Waals surface area (Å²) in [7, 11) is 0. The molecule has 0 aliphatic carbocycles. The first-order valence-corrected chi connectivity index (χ1v) is 9.20. The molecular formula is C16H15N3O2S2. The second kappa shape index (κ2) is 5.35. The summed E-state index contributed by atoms with van der Waals surface area (Å²) < 4.78 is 0. The summed E-state index contributed by atoms with van der Waals surface area (Å²) in [6.07, 6.45) is 1.69. The molecule has 0 spiro atoms. The van der Waals surface area contributed by atoms with E-state index in [1.54, 1.807) is 10.4 Å². The van der Waals surface area contributed by atoms with E-state index >= 15 is 0 Å². The Balaban J connectivity index is 1.70. The molecule has 7 heteroatoms. The molecule has 118 valence electrons. The van der Waals surface area contributed by atoms with Crippen LogP contribution in [0.25, 0.3) is 0 Å². The van der Waals surface area contributed by atoms with Gasteiger partial charge in [0.2, 0.25) is 5.91 Å². The maximum atomic E-state index is 13.1. The molecule has 0 unspecified atom stereocenters. The molecule has 23 heavy (non-hydrogen) atoms. The zero-order valence-corrected chi connectivity index (χ0v) is 14.2. The normalized spacial score (nSPS) is 22.1. The van der Waals surface area contributed by atoms with E-state index in [0.717, 1.165) is 27.7 Å². The Morgan fingerprint density at radius 1 is 1.43 bits per heavy atom. The summed E-state index contributed by atoms with van der Waals surface area (Å²) in [4.78, 5) is 31.5. The summed E-state index contributed by atoms with van der Waals surface area (Å²) in [5, 5.41) is 3.78. The van der Waals surface area contributed by atoms with E-state index in [1.165, 1.54) is 23.1 Å². The Kier molecular flexibility index (Phi) is 3.42. The number of carbonyl (C=O) groups excluding carboxylic acids is 2. The Labute approximate surface area is 142 Å². The number of hydrogen-bond donors (Lipinski definition) is 1. The van der Waals surface area contributed by atoms with Crippen molar-refractivity contribution in [1.29, 1.82) is 0 Å². The van der Waals surface area contributed by atoms with Gasteiger partial charge in [-0.1, -0.05) is 30.8 Å². The van der Waals surface area contributed by atoms with Crippen molar-refractivity contribution in [2.24, 2.45) is 0 Å². The van der Waals surface area contributed by atoms with Crippen LogP contribution in [0, 0.1) is 0 Å². The molecule has 1 N–H and O–H groups in total. The predicted octanol–water partition coefficient (Wildman–Crippen LogP) is 3.27. The lowest BCUT2D eigenvalue weighted by Crippen LogP contribution is -2.49. The van der Waals surface area contributed by atoms with E-state index < -0.39 is 4.87 Å². The third-order valence-electron chi connectivity index (χ3n) is 4.23. The smallest absolute Gasteiger partial charge is 0.262 e. The highest BCUT2D eigenvalue weighted by atomic mass is 32.2. The molecule has 1 fully saturated rings. The number of amides is 2. The number of carbonyl (C=O) groups is 2. The van der Waals surface area contributed by atoms with Crippen LogP contribution >= 0.6 is 23.1 Å². The van der Waals surface area contributed by atoms with Crippen LogP contribution in [0.2, 0.25) is 0 Å². The van der Waals surface area contributed by atoms with Crippen LogP contribution in [0.15, 0.2) is 34.7 Å². The van der Waals surface area contributed by atoms with Crippen molar-refractivity contribution in [3.63, 3.8) is 0 Å². The first-order chi connectivity index (χ1) is 11.2. The average Bonchev–Trinajstić information content (AvgIpc) is 3.21. The quantitative estimate of drug-likeness (QED) is 0.927. The number of aryl methyl sites for hydroxylation is 1. The molecule has 4 rings (SSSR count). The van der Waals surface area contributed by atoms with Gasteiger partial charge >= 0.3 is 0 Å². The van der Waals surface area contributed by atoms with Crippen molar-refractivity contribution in [2.45, 2.75) is 36.0 Å². The minimum Gasteiger partial charge on any atom is -0.313 e. The first-order valence-electron chi connectivity index (χ1n) is 7.50. The molecule has 5 nitrogen and oxygen atoms in total. The summed E-state index contributed by atoms with van der Waals surface area (Å²) >= 11 is 2.90. The highest BCUT2D eigenvalue weighted by molar-refractivity contribution is 8.02. The highest BCUT2D eigenvalue weighted by Crippen LogP contribution is 2.56. The first kappa shape index (κ1) is 14.7. The Hall–Kier alpha value is -1.86. The average molecular weight is 345 g/mol. The SMILES string of the molecule is CCc1ncsc1NC(=O)[C@]12CCC(=O)N1c1ccccc1S2. The summed E-state index contributed by atoms with van der Waals surface area (Å²) in [6, 6.07) is 7.70. The van der Waals surface area contributed by atoms with Crippen LogP contribution in [0.1, 0.15) is 25.5 Å². The number of nitrogens with one attached hydrogen (secondary N) is 1. The predicted molar refractivity (Wildman–Crippen MR) is 91.9 cm³/mol. The number of aromatic nitrogens is 1. The Morgan fingerprint density at radius 2 is 2.26 bits per heavy atom. The fourth-order valence-electron chi connectivity index (χ4n) is 3.12. The fourth-order valence-corrected chi connectivity index (χ4v) is 5.31.